The van der Waals surface area contributed by atoms with Crippen LogP contribution in [0.4, 0.5) is 0 Å². The number of hydrogen-bond acceptors (Lipinski definition) is 1. The highest BCUT2D eigenvalue weighted by Gasteiger charge is 2.35. The molecule has 0 saturated heterocycles. The van der Waals surface area contributed by atoms with Gasteiger partial charge in [-0.2, -0.15) is 0 Å². The average Bonchev–Trinajstić information content (AvgIpc) is 2.02. The van der Waals surface area contributed by atoms with E-state index in [-0.39, 0.29) is 0 Å². The molecule has 0 aliphatic heterocycles. The van der Waals surface area contributed by atoms with Gasteiger partial charge in [0, 0.05) is 12.3 Å². The quantitative estimate of drug-likeness (QED) is 0.521. The molecule has 0 aromatic heterocycles. The summed E-state index contributed by atoms with van der Waals surface area (Å²) in [6, 6.07) is 0. The molecule has 0 N–H and O–H groups in total. The maximum absolute atomic E-state index is 11.7. The van der Waals surface area contributed by atoms with E-state index in [4.69, 9.17) is 0 Å². The SMILES string of the molecule is CC1=CCC2C(=O)CC(C)CC2C1. The van der Waals surface area contributed by atoms with Gasteiger partial charge in [-0.3, -0.25) is 4.79 Å². The Bertz CT molecular complexity index is 252. The number of hydrogen-bond donors (Lipinski definition) is 0. The van der Waals surface area contributed by atoms with Crippen molar-refractivity contribution in [3.05, 3.63) is 11.6 Å². The van der Waals surface area contributed by atoms with Crippen LogP contribution in [0.1, 0.15) is 39.5 Å². The summed E-state index contributed by atoms with van der Waals surface area (Å²) in [6.45, 7) is 4.40. The molecule has 0 aromatic carbocycles. The van der Waals surface area contributed by atoms with Crippen LogP contribution in [0.5, 0.6) is 0 Å². The molecular formula is C12H18O. The van der Waals surface area contributed by atoms with Crippen molar-refractivity contribution in [3.8, 4) is 0 Å². The maximum atomic E-state index is 11.7. The molecule has 3 atom stereocenters. The molecule has 2 aliphatic rings. The fourth-order valence-corrected chi connectivity index (χ4v) is 2.90. The highest BCUT2D eigenvalue weighted by Crippen LogP contribution is 2.40. The van der Waals surface area contributed by atoms with Gasteiger partial charge in [0.25, 0.3) is 0 Å². The molecule has 0 spiro atoms. The molecule has 2 rings (SSSR count). The largest absolute Gasteiger partial charge is 0.299 e. The number of carbonyl (C=O) groups is 1. The minimum atomic E-state index is 0.375. The molecule has 1 saturated carbocycles. The molecule has 0 radical (unpaired) electrons. The lowest BCUT2D eigenvalue weighted by Gasteiger charge is -2.36. The van der Waals surface area contributed by atoms with Crippen molar-refractivity contribution in [3.63, 3.8) is 0 Å². The van der Waals surface area contributed by atoms with E-state index in [9.17, 15) is 4.79 Å². The predicted molar refractivity (Wildman–Crippen MR) is 53.4 cm³/mol. The van der Waals surface area contributed by atoms with Gasteiger partial charge in [-0.05, 0) is 38.0 Å². The van der Waals surface area contributed by atoms with E-state index in [1.807, 2.05) is 0 Å². The van der Waals surface area contributed by atoms with Crippen LogP contribution >= 0.6 is 0 Å². The summed E-state index contributed by atoms with van der Waals surface area (Å²) in [5.74, 6) is 2.19. The van der Waals surface area contributed by atoms with Gasteiger partial charge in [-0.25, -0.2) is 0 Å². The van der Waals surface area contributed by atoms with Crippen molar-refractivity contribution in [1.29, 1.82) is 0 Å². The number of Topliss-reactive ketones (excluding diaryl/α,β-unsaturated/α-hetero) is 1. The van der Waals surface area contributed by atoms with E-state index in [1.54, 1.807) is 0 Å². The summed E-state index contributed by atoms with van der Waals surface area (Å²) in [5, 5.41) is 0. The van der Waals surface area contributed by atoms with Gasteiger partial charge in [-0.1, -0.05) is 18.6 Å². The highest BCUT2D eigenvalue weighted by molar-refractivity contribution is 5.82. The summed E-state index contributed by atoms with van der Waals surface area (Å²) in [4.78, 5) is 11.7. The molecule has 2 aliphatic carbocycles. The molecule has 1 fully saturated rings. The van der Waals surface area contributed by atoms with Crippen LogP contribution in [-0.4, -0.2) is 5.78 Å². The first kappa shape index (κ1) is 8.98. The lowest BCUT2D eigenvalue weighted by molar-refractivity contribution is -0.128. The van der Waals surface area contributed by atoms with Gasteiger partial charge in [0.15, 0.2) is 0 Å². The monoisotopic (exact) mass is 178 g/mol. The van der Waals surface area contributed by atoms with Gasteiger partial charge < -0.3 is 0 Å². The first-order chi connectivity index (χ1) is 6.16. The van der Waals surface area contributed by atoms with Crippen molar-refractivity contribution >= 4 is 5.78 Å². The van der Waals surface area contributed by atoms with Crippen LogP contribution in [0.25, 0.3) is 0 Å². The van der Waals surface area contributed by atoms with Crippen molar-refractivity contribution < 1.29 is 4.79 Å². The van der Waals surface area contributed by atoms with Crippen LogP contribution in [-0.2, 0) is 4.79 Å². The normalized spacial score (nSPS) is 39.7. The Morgan fingerprint density at radius 3 is 2.92 bits per heavy atom. The zero-order valence-electron chi connectivity index (χ0n) is 8.55. The second kappa shape index (κ2) is 3.28. The average molecular weight is 178 g/mol. The molecule has 0 amide bonds. The van der Waals surface area contributed by atoms with Gasteiger partial charge >= 0.3 is 0 Å². The molecule has 1 heteroatoms. The van der Waals surface area contributed by atoms with Gasteiger partial charge in [0.1, 0.15) is 5.78 Å². The van der Waals surface area contributed by atoms with E-state index in [2.05, 4.69) is 19.9 Å². The maximum Gasteiger partial charge on any atom is 0.136 e. The van der Waals surface area contributed by atoms with E-state index < -0.39 is 0 Å². The Morgan fingerprint density at radius 1 is 1.38 bits per heavy atom. The van der Waals surface area contributed by atoms with E-state index in [0.29, 0.717) is 23.5 Å². The lowest BCUT2D eigenvalue weighted by Crippen LogP contribution is -2.33. The topological polar surface area (TPSA) is 17.1 Å². The van der Waals surface area contributed by atoms with Crippen LogP contribution in [0.3, 0.4) is 0 Å². The summed E-state index contributed by atoms with van der Waals surface area (Å²) in [7, 11) is 0. The number of ketones is 1. The fourth-order valence-electron chi connectivity index (χ4n) is 2.90. The van der Waals surface area contributed by atoms with E-state index in [0.717, 1.165) is 12.8 Å². The first-order valence-electron chi connectivity index (χ1n) is 5.35. The second-order valence-corrected chi connectivity index (χ2v) is 4.87. The first-order valence-corrected chi connectivity index (χ1v) is 5.35. The molecule has 72 valence electrons. The third kappa shape index (κ3) is 1.70. The van der Waals surface area contributed by atoms with Crippen molar-refractivity contribution in [2.75, 3.05) is 0 Å². The number of fused-ring (bicyclic) bond motifs is 1. The molecule has 0 heterocycles. The minimum absolute atomic E-state index is 0.375. The number of rotatable bonds is 0. The number of allylic oxidation sites excluding steroid dienone is 2. The van der Waals surface area contributed by atoms with Crippen LogP contribution in [0.15, 0.2) is 11.6 Å². The zero-order chi connectivity index (χ0) is 9.42. The van der Waals surface area contributed by atoms with E-state index >= 15 is 0 Å². The lowest BCUT2D eigenvalue weighted by atomic mass is 9.68. The number of carbonyl (C=O) groups excluding carboxylic acids is 1. The summed E-state index contributed by atoms with van der Waals surface area (Å²) < 4.78 is 0. The van der Waals surface area contributed by atoms with Gasteiger partial charge in [0.05, 0.1) is 0 Å². The molecule has 1 nitrogen and oxygen atoms in total. The minimum Gasteiger partial charge on any atom is -0.299 e. The molecular weight excluding hydrogens is 160 g/mol. The molecule has 0 bridgehead atoms. The Hall–Kier alpha value is -0.590. The van der Waals surface area contributed by atoms with Gasteiger partial charge in [0.2, 0.25) is 0 Å². The Kier molecular flexibility index (Phi) is 2.27. The van der Waals surface area contributed by atoms with Crippen LogP contribution in [0.2, 0.25) is 0 Å². The third-order valence-corrected chi connectivity index (χ3v) is 3.54. The smallest absolute Gasteiger partial charge is 0.136 e. The standard InChI is InChI=1S/C12H18O/c1-8-3-4-11-10(5-8)6-9(2)7-12(11)13/h3,9-11H,4-7H2,1-2H3. The zero-order valence-corrected chi connectivity index (χ0v) is 8.55. The van der Waals surface area contributed by atoms with E-state index in [1.165, 1.54) is 18.4 Å². The van der Waals surface area contributed by atoms with Crippen LogP contribution in [0, 0.1) is 17.8 Å². The van der Waals surface area contributed by atoms with Crippen LogP contribution < -0.4 is 0 Å². The summed E-state index contributed by atoms with van der Waals surface area (Å²) in [5.41, 5.74) is 1.49. The molecule has 3 unspecified atom stereocenters. The Labute approximate surface area is 80.2 Å². The second-order valence-electron chi connectivity index (χ2n) is 4.87. The van der Waals surface area contributed by atoms with Crippen molar-refractivity contribution in [2.24, 2.45) is 17.8 Å². The molecule has 13 heavy (non-hydrogen) atoms. The highest BCUT2D eigenvalue weighted by atomic mass is 16.1. The Morgan fingerprint density at radius 2 is 2.15 bits per heavy atom. The Balaban J connectivity index is 2.15. The third-order valence-electron chi connectivity index (χ3n) is 3.54. The summed E-state index contributed by atoms with van der Waals surface area (Å²) >= 11 is 0. The van der Waals surface area contributed by atoms with Crippen molar-refractivity contribution in [1.82, 2.24) is 0 Å². The fraction of sp³-hybridized carbons (Fsp3) is 0.750. The summed E-state index contributed by atoms with van der Waals surface area (Å²) in [6.07, 6.45) is 6.54. The van der Waals surface area contributed by atoms with Gasteiger partial charge in [-0.15, -0.1) is 0 Å². The van der Waals surface area contributed by atoms with Crippen molar-refractivity contribution in [2.45, 2.75) is 39.5 Å². The predicted octanol–water partition coefficient (Wildman–Crippen LogP) is 2.96. The molecule has 0 aromatic rings.